The summed E-state index contributed by atoms with van der Waals surface area (Å²) in [5.41, 5.74) is 0. The molecule has 0 aromatic rings. The molecular formula is C15H28N2. The summed E-state index contributed by atoms with van der Waals surface area (Å²) in [5.74, 6) is 1.73. The minimum atomic E-state index is 0.752. The molecule has 2 aliphatic rings. The van der Waals surface area contributed by atoms with E-state index in [2.05, 4.69) is 36.2 Å². The molecular weight excluding hydrogens is 208 g/mol. The van der Waals surface area contributed by atoms with Gasteiger partial charge in [-0.3, -0.25) is 0 Å². The molecule has 1 heterocycles. The van der Waals surface area contributed by atoms with Crippen LogP contribution in [0.5, 0.6) is 0 Å². The Morgan fingerprint density at radius 2 is 2.18 bits per heavy atom. The standard InChI is InChI=1S/C15H28N2/c1-3-16-15-9-10-17(11-13(15)2)12-14-7-5-4-6-8-14/h4-5,13-16H,3,6-12H2,1-2H3. The normalized spacial score (nSPS) is 35.1. The van der Waals surface area contributed by atoms with E-state index in [0.717, 1.165) is 24.4 Å². The van der Waals surface area contributed by atoms with Crippen LogP contribution in [0.15, 0.2) is 12.2 Å². The third kappa shape index (κ3) is 3.82. The predicted octanol–water partition coefficient (Wildman–Crippen LogP) is 2.66. The number of hydrogen-bond donors (Lipinski definition) is 1. The van der Waals surface area contributed by atoms with Crippen LogP contribution in [-0.4, -0.2) is 37.1 Å². The van der Waals surface area contributed by atoms with Crippen LogP contribution in [0.3, 0.4) is 0 Å². The van der Waals surface area contributed by atoms with E-state index in [-0.39, 0.29) is 0 Å². The van der Waals surface area contributed by atoms with Gasteiger partial charge in [0.25, 0.3) is 0 Å². The number of hydrogen-bond acceptors (Lipinski definition) is 2. The second-order valence-corrected chi connectivity index (χ2v) is 5.84. The average Bonchev–Trinajstić information content (AvgIpc) is 2.34. The molecule has 0 radical (unpaired) electrons. The SMILES string of the molecule is CCNC1CCN(CC2CC=CCC2)CC1C. The highest BCUT2D eigenvalue weighted by atomic mass is 15.1. The quantitative estimate of drug-likeness (QED) is 0.755. The van der Waals surface area contributed by atoms with E-state index in [9.17, 15) is 0 Å². The van der Waals surface area contributed by atoms with Gasteiger partial charge < -0.3 is 10.2 Å². The molecule has 98 valence electrons. The predicted molar refractivity (Wildman–Crippen MR) is 74.2 cm³/mol. The van der Waals surface area contributed by atoms with Crippen molar-refractivity contribution < 1.29 is 0 Å². The molecule has 1 aliphatic carbocycles. The summed E-state index contributed by atoms with van der Waals surface area (Å²) in [6.07, 6.45) is 10.1. The van der Waals surface area contributed by atoms with Crippen molar-refractivity contribution in [2.45, 2.75) is 45.6 Å². The maximum atomic E-state index is 3.62. The lowest BCUT2D eigenvalue weighted by Crippen LogP contribution is -2.49. The number of rotatable bonds is 4. The van der Waals surface area contributed by atoms with Crippen molar-refractivity contribution in [2.75, 3.05) is 26.2 Å². The molecule has 1 aliphatic heterocycles. The van der Waals surface area contributed by atoms with Crippen molar-refractivity contribution in [3.8, 4) is 0 Å². The summed E-state index contributed by atoms with van der Waals surface area (Å²) in [6.45, 7) is 9.64. The van der Waals surface area contributed by atoms with Gasteiger partial charge in [0.2, 0.25) is 0 Å². The molecule has 2 rings (SSSR count). The van der Waals surface area contributed by atoms with Crippen molar-refractivity contribution >= 4 is 0 Å². The lowest BCUT2D eigenvalue weighted by atomic mass is 9.90. The molecule has 2 nitrogen and oxygen atoms in total. The van der Waals surface area contributed by atoms with E-state index in [4.69, 9.17) is 0 Å². The van der Waals surface area contributed by atoms with Gasteiger partial charge in [-0.25, -0.2) is 0 Å². The van der Waals surface area contributed by atoms with Crippen molar-refractivity contribution in [1.82, 2.24) is 10.2 Å². The van der Waals surface area contributed by atoms with Gasteiger partial charge in [0.05, 0.1) is 0 Å². The maximum Gasteiger partial charge on any atom is 0.0117 e. The first kappa shape index (κ1) is 13.1. The molecule has 2 heteroatoms. The van der Waals surface area contributed by atoms with E-state index in [1.807, 2.05) is 0 Å². The summed E-state index contributed by atoms with van der Waals surface area (Å²) >= 11 is 0. The summed E-state index contributed by atoms with van der Waals surface area (Å²) in [7, 11) is 0. The van der Waals surface area contributed by atoms with Crippen molar-refractivity contribution in [2.24, 2.45) is 11.8 Å². The first-order valence-corrected chi connectivity index (χ1v) is 7.40. The monoisotopic (exact) mass is 236 g/mol. The van der Waals surface area contributed by atoms with Crippen LogP contribution in [-0.2, 0) is 0 Å². The lowest BCUT2D eigenvalue weighted by molar-refractivity contribution is 0.127. The summed E-state index contributed by atoms with van der Waals surface area (Å²) in [5, 5.41) is 3.62. The minimum absolute atomic E-state index is 0.752. The largest absolute Gasteiger partial charge is 0.314 e. The smallest absolute Gasteiger partial charge is 0.0117 e. The van der Waals surface area contributed by atoms with Gasteiger partial charge in [0.15, 0.2) is 0 Å². The van der Waals surface area contributed by atoms with Gasteiger partial charge in [0, 0.05) is 19.1 Å². The average molecular weight is 236 g/mol. The van der Waals surface area contributed by atoms with Crippen molar-refractivity contribution in [3.63, 3.8) is 0 Å². The molecule has 0 saturated carbocycles. The fourth-order valence-electron chi connectivity index (χ4n) is 3.35. The molecule has 1 saturated heterocycles. The van der Waals surface area contributed by atoms with Crippen LogP contribution in [0, 0.1) is 11.8 Å². The second-order valence-electron chi connectivity index (χ2n) is 5.84. The molecule has 0 aromatic heterocycles. The molecule has 0 spiro atoms. The number of piperidine rings is 1. The van der Waals surface area contributed by atoms with Crippen molar-refractivity contribution in [3.05, 3.63) is 12.2 Å². The number of nitrogens with zero attached hydrogens (tertiary/aromatic N) is 1. The second kappa shape index (κ2) is 6.55. The van der Waals surface area contributed by atoms with E-state index < -0.39 is 0 Å². The minimum Gasteiger partial charge on any atom is -0.314 e. The van der Waals surface area contributed by atoms with Crippen LogP contribution in [0.2, 0.25) is 0 Å². The van der Waals surface area contributed by atoms with E-state index in [1.165, 1.54) is 45.3 Å². The fourth-order valence-corrected chi connectivity index (χ4v) is 3.35. The van der Waals surface area contributed by atoms with Crippen LogP contribution >= 0.6 is 0 Å². The fraction of sp³-hybridized carbons (Fsp3) is 0.867. The van der Waals surface area contributed by atoms with Crippen LogP contribution in [0.4, 0.5) is 0 Å². The highest BCUT2D eigenvalue weighted by molar-refractivity contribution is 4.92. The Labute approximate surface area is 106 Å². The summed E-state index contributed by atoms with van der Waals surface area (Å²) < 4.78 is 0. The Bertz CT molecular complexity index is 249. The number of allylic oxidation sites excluding steroid dienone is 2. The van der Waals surface area contributed by atoms with Crippen molar-refractivity contribution in [1.29, 1.82) is 0 Å². The molecule has 1 fully saturated rings. The zero-order valence-corrected chi connectivity index (χ0v) is 11.5. The summed E-state index contributed by atoms with van der Waals surface area (Å²) in [6, 6.07) is 0.752. The van der Waals surface area contributed by atoms with Gasteiger partial charge in [-0.1, -0.05) is 26.0 Å². The first-order valence-electron chi connectivity index (χ1n) is 7.40. The molecule has 0 amide bonds. The Morgan fingerprint density at radius 1 is 1.29 bits per heavy atom. The highest BCUT2D eigenvalue weighted by Gasteiger charge is 2.26. The Hall–Kier alpha value is -0.340. The van der Waals surface area contributed by atoms with Crippen LogP contribution < -0.4 is 5.32 Å². The molecule has 3 unspecified atom stereocenters. The Kier molecular flexibility index (Phi) is 5.05. The molecule has 1 N–H and O–H groups in total. The highest BCUT2D eigenvalue weighted by Crippen LogP contribution is 2.23. The maximum absolute atomic E-state index is 3.62. The van der Waals surface area contributed by atoms with E-state index in [1.54, 1.807) is 0 Å². The lowest BCUT2D eigenvalue weighted by Gasteiger charge is -2.39. The van der Waals surface area contributed by atoms with Gasteiger partial charge in [0.1, 0.15) is 0 Å². The zero-order chi connectivity index (χ0) is 12.1. The molecule has 0 aromatic carbocycles. The summed E-state index contributed by atoms with van der Waals surface area (Å²) in [4.78, 5) is 2.70. The zero-order valence-electron chi connectivity index (χ0n) is 11.5. The van der Waals surface area contributed by atoms with Gasteiger partial charge in [-0.2, -0.15) is 0 Å². The third-order valence-electron chi connectivity index (χ3n) is 4.35. The van der Waals surface area contributed by atoms with Gasteiger partial charge >= 0.3 is 0 Å². The molecule has 17 heavy (non-hydrogen) atoms. The first-order chi connectivity index (χ1) is 8.29. The van der Waals surface area contributed by atoms with E-state index in [0.29, 0.717) is 0 Å². The Balaban J connectivity index is 1.74. The van der Waals surface area contributed by atoms with Gasteiger partial charge in [-0.15, -0.1) is 0 Å². The van der Waals surface area contributed by atoms with Crippen LogP contribution in [0.1, 0.15) is 39.5 Å². The molecule has 3 atom stereocenters. The van der Waals surface area contributed by atoms with Crippen LogP contribution in [0.25, 0.3) is 0 Å². The topological polar surface area (TPSA) is 15.3 Å². The van der Waals surface area contributed by atoms with Gasteiger partial charge in [-0.05, 0) is 50.6 Å². The number of likely N-dealkylation sites (tertiary alicyclic amines) is 1. The third-order valence-corrected chi connectivity index (χ3v) is 4.35. The molecule has 0 bridgehead atoms. The number of nitrogens with one attached hydrogen (secondary N) is 1. The van der Waals surface area contributed by atoms with E-state index >= 15 is 0 Å². The Morgan fingerprint density at radius 3 is 2.82 bits per heavy atom.